The van der Waals surface area contributed by atoms with E-state index in [2.05, 4.69) is 39.5 Å². The van der Waals surface area contributed by atoms with Gasteiger partial charge in [-0.1, -0.05) is 34.6 Å². The Labute approximate surface area is 71.8 Å². The van der Waals surface area contributed by atoms with Gasteiger partial charge < -0.3 is 4.90 Å². The summed E-state index contributed by atoms with van der Waals surface area (Å²) < 4.78 is 0. The molecule has 0 bridgehead atoms. The second-order valence-corrected chi connectivity index (χ2v) is 4.43. The Morgan fingerprint density at radius 1 is 1.09 bits per heavy atom. The smallest absolute Gasteiger partial charge is 0.00299 e. The first-order valence-electron chi connectivity index (χ1n) is 4.72. The second-order valence-electron chi connectivity index (χ2n) is 4.43. The van der Waals surface area contributed by atoms with E-state index >= 15 is 0 Å². The van der Waals surface area contributed by atoms with Crippen LogP contribution in [0.3, 0.4) is 0 Å². The van der Waals surface area contributed by atoms with Gasteiger partial charge in [-0.3, -0.25) is 0 Å². The Morgan fingerprint density at radius 3 is 1.91 bits per heavy atom. The van der Waals surface area contributed by atoms with Crippen LogP contribution in [-0.4, -0.2) is 24.5 Å². The maximum atomic E-state index is 2.51. The van der Waals surface area contributed by atoms with Crippen LogP contribution >= 0.6 is 0 Å². The Hall–Kier alpha value is -0.0400. The molecule has 0 rings (SSSR count). The molecule has 11 heavy (non-hydrogen) atoms. The van der Waals surface area contributed by atoms with Gasteiger partial charge in [0.15, 0.2) is 0 Å². The lowest BCUT2D eigenvalue weighted by Crippen LogP contribution is -2.33. The van der Waals surface area contributed by atoms with Crippen LogP contribution in [0.1, 0.15) is 41.0 Å². The highest BCUT2D eigenvalue weighted by Crippen LogP contribution is 2.14. The van der Waals surface area contributed by atoms with Crippen molar-refractivity contribution in [2.24, 2.45) is 5.41 Å². The van der Waals surface area contributed by atoms with Gasteiger partial charge >= 0.3 is 0 Å². The molecule has 0 saturated heterocycles. The molecule has 0 atom stereocenters. The van der Waals surface area contributed by atoms with E-state index in [1.54, 1.807) is 0 Å². The molecule has 0 aliphatic heterocycles. The van der Waals surface area contributed by atoms with E-state index < -0.39 is 0 Å². The van der Waals surface area contributed by atoms with Gasteiger partial charge in [-0.05, 0) is 24.9 Å². The standard InChI is InChI=1S/C10H23N/c1-6-8-11(7-2)9-10(3,4)5/h6-9H2,1-5H3. The number of rotatable bonds is 4. The van der Waals surface area contributed by atoms with Crippen molar-refractivity contribution in [2.45, 2.75) is 41.0 Å². The fourth-order valence-electron chi connectivity index (χ4n) is 1.34. The average Bonchev–Trinajstić information content (AvgIpc) is 1.84. The summed E-state index contributed by atoms with van der Waals surface area (Å²) in [4.78, 5) is 2.51. The molecule has 0 N–H and O–H groups in total. The molecule has 0 spiro atoms. The molecule has 0 radical (unpaired) electrons. The zero-order chi connectivity index (χ0) is 8.91. The van der Waals surface area contributed by atoms with Gasteiger partial charge in [0.1, 0.15) is 0 Å². The van der Waals surface area contributed by atoms with Crippen LogP contribution in [-0.2, 0) is 0 Å². The fraction of sp³-hybridized carbons (Fsp3) is 1.00. The molecule has 0 aliphatic carbocycles. The lowest BCUT2D eigenvalue weighted by Gasteiger charge is -2.28. The molecule has 0 unspecified atom stereocenters. The van der Waals surface area contributed by atoms with E-state index in [1.165, 1.54) is 26.1 Å². The normalized spacial score (nSPS) is 12.5. The minimum absolute atomic E-state index is 0.450. The van der Waals surface area contributed by atoms with Crippen LogP contribution in [0.25, 0.3) is 0 Å². The largest absolute Gasteiger partial charge is 0.303 e. The first-order chi connectivity index (χ1) is 4.99. The maximum absolute atomic E-state index is 2.51. The van der Waals surface area contributed by atoms with Gasteiger partial charge in [0.05, 0.1) is 0 Å². The highest BCUT2D eigenvalue weighted by molar-refractivity contribution is 4.67. The van der Waals surface area contributed by atoms with Gasteiger partial charge in [0.25, 0.3) is 0 Å². The Balaban J connectivity index is 3.68. The number of nitrogens with zero attached hydrogens (tertiary/aromatic N) is 1. The number of hydrogen-bond donors (Lipinski definition) is 0. The molecular weight excluding hydrogens is 134 g/mol. The first kappa shape index (κ1) is 11.0. The van der Waals surface area contributed by atoms with E-state index in [1.807, 2.05) is 0 Å². The van der Waals surface area contributed by atoms with Crippen molar-refractivity contribution in [3.63, 3.8) is 0 Å². The van der Waals surface area contributed by atoms with Crippen molar-refractivity contribution in [1.29, 1.82) is 0 Å². The number of hydrogen-bond acceptors (Lipinski definition) is 1. The van der Waals surface area contributed by atoms with Crippen molar-refractivity contribution in [1.82, 2.24) is 4.90 Å². The van der Waals surface area contributed by atoms with Crippen LogP contribution in [0.4, 0.5) is 0 Å². The Bertz CT molecular complexity index is 91.5. The van der Waals surface area contributed by atoms with Gasteiger partial charge in [0, 0.05) is 6.54 Å². The average molecular weight is 157 g/mol. The molecule has 0 aromatic carbocycles. The van der Waals surface area contributed by atoms with Crippen LogP contribution in [0.15, 0.2) is 0 Å². The van der Waals surface area contributed by atoms with Crippen molar-refractivity contribution in [3.05, 3.63) is 0 Å². The Morgan fingerprint density at radius 2 is 1.64 bits per heavy atom. The third-order valence-corrected chi connectivity index (χ3v) is 1.68. The van der Waals surface area contributed by atoms with E-state index in [9.17, 15) is 0 Å². The van der Waals surface area contributed by atoms with Crippen molar-refractivity contribution in [3.8, 4) is 0 Å². The molecule has 0 aromatic heterocycles. The van der Waals surface area contributed by atoms with E-state index in [-0.39, 0.29) is 0 Å². The van der Waals surface area contributed by atoms with Gasteiger partial charge in [0.2, 0.25) is 0 Å². The maximum Gasteiger partial charge on any atom is 0.00299 e. The summed E-state index contributed by atoms with van der Waals surface area (Å²) in [6.45, 7) is 15.0. The summed E-state index contributed by atoms with van der Waals surface area (Å²) in [5.41, 5.74) is 0.450. The summed E-state index contributed by atoms with van der Waals surface area (Å²) in [5, 5.41) is 0. The lowest BCUT2D eigenvalue weighted by atomic mass is 9.96. The van der Waals surface area contributed by atoms with Crippen LogP contribution in [0, 0.1) is 5.41 Å². The Kier molecular flexibility index (Phi) is 4.74. The molecule has 0 amide bonds. The summed E-state index contributed by atoms with van der Waals surface area (Å²) in [5.74, 6) is 0. The summed E-state index contributed by atoms with van der Waals surface area (Å²) in [6.07, 6.45) is 1.27. The highest BCUT2D eigenvalue weighted by Gasteiger charge is 2.13. The first-order valence-corrected chi connectivity index (χ1v) is 4.72. The van der Waals surface area contributed by atoms with Crippen molar-refractivity contribution in [2.75, 3.05) is 19.6 Å². The summed E-state index contributed by atoms with van der Waals surface area (Å²) in [7, 11) is 0. The zero-order valence-corrected chi connectivity index (χ0v) is 8.78. The minimum Gasteiger partial charge on any atom is -0.303 e. The predicted molar refractivity (Wildman–Crippen MR) is 51.9 cm³/mol. The molecule has 1 heteroatoms. The third-order valence-electron chi connectivity index (χ3n) is 1.68. The van der Waals surface area contributed by atoms with Crippen LogP contribution < -0.4 is 0 Å². The van der Waals surface area contributed by atoms with E-state index in [0.717, 1.165) is 0 Å². The molecule has 68 valence electrons. The molecule has 1 nitrogen and oxygen atoms in total. The molecule has 0 aliphatic rings. The summed E-state index contributed by atoms with van der Waals surface area (Å²) >= 11 is 0. The molecule has 0 saturated carbocycles. The van der Waals surface area contributed by atoms with Crippen molar-refractivity contribution >= 4 is 0 Å². The van der Waals surface area contributed by atoms with Crippen molar-refractivity contribution < 1.29 is 0 Å². The van der Waals surface area contributed by atoms with E-state index in [0.29, 0.717) is 5.41 Å². The van der Waals surface area contributed by atoms with Gasteiger partial charge in [-0.25, -0.2) is 0 Å². The monoisotopic (exact) mass is 157 g/mol. The summed E-state index contributed by atoms with van der Waals surface area (Å²) in [6, 6.07) is 0. The molecule has 0 fully saturated rings. The third kappa shape index (κ3) is 6.36. The highest BCUT2D eigenvalue weighted by atomic mass is 15.1. The SMILES string of the molecule is CCCN(CC)CC(C)(C)C. The van der Waals surface area contributed by atoms with E-state index in [4.69, 9.17) is 0 Å². The quantitative estimate of drug-likeness (QED) is 0.606. The zero-order valence-electron chi connectivity index (χ0n) is 8.78. The van der Waals surface area contributed by atoms with Crippen LogP contribution in [0.5, 0.6) is 0 Å². The molecule has 0 heterocycles. The van der Waals surface area contributed by atoms with Gasteiger partial charge in [-0.15, -0.1) is 0 Å². The fourth-order valence-corrected chi connectivity index (χ4v) is 1.34. The van der Waals surface area contributed by atoms with Gasteiger partial charge in [-0.2, -0.15) is 0 Å². The second kappa shape index (κ2) is 4.76. The molecule has 0 aromatic rings. The van der Waals surface area contributed by atoms with Crippen LogP contribution in [0.2, 0.25) is 0 Å². The predicted octanol–water partition coefficient (Wildman–Crippen LogP) is 2.76. The topological polar surface area (TPSA) is 3.24 Å². The molecular formula is C10H23N. The lowest BCUT2D eigenvalue weighted by molar-refractivity contribution is 0.199. The minimum atomic E-state index is 0.450.